The van der Waals surface area contributed by atoms with E-state index in [9.17, 15) is 0 Å². The Balaban J connectivity index is 1.26. The maximum atomic E-state index is 6.35. The molecule has 0 amide bonds. The standard InChI is InChI=1S/C27H31ClN4/c28-23-9-10-25-22(17-23)8-7-21-5-4-13-30-27(21)26(25)20-11-15-32(16-12-20)14-3-1-2-6-24-18-29-19-31-24/h4-5,9-10,13,17-19H,1-3,6-8,11-12,14-16H2,(H,29,31). The molecule has 2 aliphatic rings. The molecule has 1 saturated heterocycles. The van der Waals surface area contributed by atoms with Crippen LogP contribution in [0.5, 0.6) is 0 Å². The molecule has 166 valence electrons. The number of halogens is 1. The lowest BCUT2D eigenvalue weighted by molar-refractivity contribution is 0.251. The summed E-state index contributed by atoms with van der Waals surface area (Å²) in [5.41, 5.74) is 9.37. The Morgan fingerprint density at radius 3 is 2.66 bits per heavy atom. The average Bonchev–Trinajstić information content (AvgIpc) is 3.28. The smallest absolute Gasteiger partial charge is 0.0923 e. The van der Waals surface area contributed by atoms with Crippen LogP contribution in [0.2, 0.25) is 5.02 Å². The molecular formula is C27H31ClN4. The minimum atomic E-state index is 0.828. The second-order valence-corrected chi connectivity index (χ2v) is 9.44. The zero-order chi connectivity index (χ0) is 21.8. The van der Waals surface area contributed by atoms with Crippen LogP contribution in [0.15, 0.2) is 54.6 Å². The minimum absolute atomic E-state index is 0.828. The van der Waals surface area contributed by atoms with E-state index >= 15 is 0 Å². The zero-order valence-electron chi connectivity index (χ0n) is 18.6. The van der Waals surface area contributed by atoms with E-state index in [-0.39, 0.29) is 0 Å². The van der Waals surface area contributed by atoms with Crippen LogP contribution < -0.4 is 0 Å². The SMILES string of the molecule is Clc1ccc2c(c1)CCc1cccnc1C2=C1CCN(CCCCCc2c[nH]cn2)CC1. The number of H-pyrrole nitrogens is 1. The summed E-state index contributed by atoms with van der Waals surface area (Å²) in [5, 5.41) is 0.828. The molecule has 1 aromatic carbocycles. The van der Waals surface area contributed by atoms with E-state index in [1.807, 2.05) is 18.5 Å². The molecule has 1 fully saturated rings. The lowest BCUT2D eigenvalue weighted by atomic mass is 9.88. The number of pyridine rings is 1. The van der Waals surface area contributed by atoms with E-state index in [0.29, 0.717) is 0 Å². The van der Waals surface area contributed by atoms with Crippen LogP contribution >= 0.6 is 11.6 Å². The zero-order valence-corrected chi connectivity index (χ0v) is 19.4. The molecule has 0 atom stereocenters. The van der Waals surface area contributed by atoms with Crippen LogP contribution in [-0.2, 0) is 19.3 Å². The molecule has 0 bridgehead atoms. The minimum Gasteiger partial charge on any atom is -0.351 e. The molecule has 3 heterocycles. The van der Waals surface area contributed by atoms with Gasteiger partial charge in [0.1, 0.15) is 0 Å². The summed E-state index contributed by atoms with van der Waals surface area (Å²) < 4.78 is 0. The second-order valence-electron chi connectivity index (χ2n) is 9.00. The molecular weight excluding hydrogens is 416 g/mol. The monoisotopic (exact) mass is 446 g/mol. The van der Waals surface area contributed by atoms with Crippen molar-refractivity contribution in [3.05, 3.63) is 87.7 Å². The summed E-state index contributed by atoms with van der Waals surface area (Å²) in [6.45, 7) is 3.48. The summed E-state index contributed by atoms with van der Waals surface area (Å²) in [6, 6.07) is 10.7. The van der Waals surface area contributed by atoms with Gasteiger partial charge in [-0.15, -0.1) is 0 Å². The maximum Gasteiger partial charge on any atom is 0.0923 e. The predicted octanol–water partition coefficient (Wildman–Crippen LogP) is 5.87. The Kier molecular flexibility index (Phi) is 6.70. The first-order valence-electron chi connectivity index (χ1n) is 11.9. The van der Waals surface area contributed by atoms with Crippen molar-refractivity contribution in [2.75, 3.05) is 19.6 Å². The third kappa shape index (κ3) is 4.82. The number of piperidine rings is 1. The van der Waals surface area contributed by atoms with Gasteiger partial charge in [-0.1, -0.05) is 35.7 Å². The highest BCUT2D eigenvalue weighted by Crippen LogP contribution is 2.38. The summed E-state index contributed by atoms with van der Waals surface area (Å²) >= 11 is 6.35. The summed E-state index contributed by atoms with van der Waals surface area (Å²) in [5.74, 6) is 0. The van der Waals surface area contributed by atoms with Crippen LogP contribution in [-0.4, -0.2) is 39.5 Å². The normalized spacial score (nSPS) is 16.5. The molecule has 1 aliphatic heterocycles. The molecule has 0 saturated carbocycles. The number of aromatic amines is 1. The number of hydrogen-bond acceptors (Lipinski definition) is 3. The lowest BCUT2D eigenvalue weighted by Gasteiger charge is -2.30. The number of hydrogen-bond donors (Lipinski definition) is 1. The van der Waals surface area contributed by atoms with Crippen molar-refractivity contribution in [2.45, 2.75) is 51.4 Å². The molecule has 4 nitrogen and oxygen atoms in total. The van der Waals surface area contributed by atoms with Crippen LogP contribution in [0.3, 0.4) is 0 Å². The Hall–Kier alpha value is -2.43. The van der Waals surface area contributed by atoms with E-state index in [1.54, 1.807) is 11.9 Å². The number of aromatic nitrogens is 3. The Morgan fingerprint density at radius 2 is 1.81 bits per heavy atom. The maximum absolute atomic E-state index is 6.35. The number of benzene rings is 1. The van der Waals surface area contributed by atoms with Crippen molar-refractivity contribution in [1.82, 2.24) is 19.9 Å². The predicted molar refractivity (Wildman–Crippen MR) is 131 cm³/mol. The number of likely N-dealkylation sites (tertiary alicyclic amines) is 1. The van der Waals surface area contributed by atoms with Crippen LogP contribution in [0.25, 0.3) is 5.57 Å². The number of nitrogens with zero attached hydrogens (tertiary/aromatic N) is 3. The first kappa shape index (κ1) is 21.4. The van der Waals surface area contributed by atoms with Gasteiger partial charge >= 0.3 is 0 Å². The molecule has 0 radical (unpaired) electrons. The van der Waals surface area contributed by atoms with Crippen molar-refractivity contribution in [1.29, 1.82) is 0 Å². The average molecular weight is 447 g/mol. The third-order valence-corrected chi connectivity index (χ3v) is 7.14. The summed E-state index contributed by atoms with van der Waals surface area (Å²) in [6.07, 6.45) is 14.8. The van der Waals surface area contributed by atoms with E-state index < -0.39 is 0 Å². The van der Waals surface area contributed by atoms with Gasteiger partial charge < -0.3 is 9.88 Å². The highest BCUT2D eigenvalue weighted by Gasteiger charge is 2.25. The van der Waals surface area contributed by atoms with Gasteiger partial charge in [-0.25, -0.2) is 4.98 Å². The second kappa shape index (κ2) is 10.0. The molecule has 5 rings (SSSR count). The fourth-order valence-electron chi connectivity index (χ4n) is 5.18. The number of rotatable bonds is 6. The molecule has 1 aliphatic carbocycles. The molecule has 3 aromatic rings. The van der Waals surface area contributed by atoms with Crippen molar-refractivity contribution in [3.63, 3.8) is 0 Å². The van der Waals surface area contributed by atoms with Gasteiger partial charge in [-0.2, -0.15) is 0 Å². The number of nitrogens with one attached hydrogen (secondary N) is 1. The van der Waals surface area contributed by atoms with Crippen LogP contribution in [0.1, 0.15) is 60.2 Å². The van der Waals surface area contributed by atoms with Gasteiger partial charge in [0.2, 0.25) is 0 Å². The quantitative estimate of drug-likeness (QED) is 0.482. The molecule has 1 N–H and O–H groups in total. The van der Waals surface area contributed by atoms with E-state index in [4.69, 9.17) is 16.6 Å². The van der Waals surface area contributed by atoms with Gasteiger partial charge in [0.15, 0.2) is 0 Å². The molecule has 2 aromatic heterocycles. The van der Waals surface area contributed by atoms with Gasteiger partial charge in [-0.05, 0) is 86.4 Å². The Bertz CT molecular complexity index is 1080. The molecule has 0 spiro atoms. The molecule has 32 heavy (non-hydrogen) atoms. The number of unbranched alkanes of at least 4 members (excludes halogenated alkanes) is 2. The topological polar surface area (TPSA) is 44.8 Å². The van der Waals surface area contributed by atoms with Gasteiger partial charge in [0, 0.05) is 36.1 Å². The lowest BCUT2D eigenvalue weighted by Crippen LogP contribution is -2.32. The Labute approximate surface area is 195 Å². The summed E-state index contributed by atoms with van der Waals surface area (Å²) in [4.78, 5) is 14.8. The van der Waals surface area contributed by atoms with Gasteiger partial charge in [0.05, 0.1) is 17.7 Å². The van der Waals surface area contributed by atoms with Crippen LogP contribution in [0, 0.1) is 0 Å². The van der Waals surface area contributed by atoms with Crippen molar-refractivity contribution in [2.24, 2.45) is 0 Å². The number of aryl methyl sites for hydroxylation is 3. The third-order valence-electron chi connectivity index (χ3n) is 6.90. The van der Waals surface area contributed by atoms with E-state index in [2.05, 4.69) is 39.1 Å². The van der Waals surface area contributed by atoms with Crippen molar-refractivity contribution < 1.29 is 0 Å². The van der Waals surface area contributed by atoms with Gasteiger partial charge in [-0.3, -0.25) is 4.98 Å². The highest BCUT2D eigenvalue weighted by molar-refractivity contribution is 6.30. The molecule has 0 unspecified atom stereocenters. The highest BCUT2D eigenvalue weighted by atomic mass is 35.5. The Morgan fingerprint density at radius 1 is 0.938 bits per heavy atom. The van der Waals surface area contributed by atoms with E-state index in [0.717, 1.165) is 50.2 Å². The fourth-order valence-corrected chi connectivity index (χ4v) is 5.37. The molecule has 5 heteroatoms. The summed E-state index contributed by atoms with van der Waals surface area (Å²) in [7, 11) is 0. The van der Waals surface area contributed by atoms with Crippen molar-refractivity contribution in [3.8, 4) is 0 Å². The fraction of sp³-hybridized carbons (Fsp3) is 0.407. The van der Waals surface area contributed by atoms with Gasteiger partial charge in [0.25, 0.3) is 0 Å². The first-order valence-corrected chi connectivity index (χ1v) is 12.3. The number of fused-ring (bicyclic) bond motifs is 2. The van der Waals surface area contributed by atoms with E-state index in [1.165, 1.54) is 59.5 Å². The van der Waals surface area contributed by atoms with Crippen molar-refractivity contribution >= 4 is 17.2 Å². The van der Waals surface area contributed by atoms with Crippen LogP contribution in [0.4, 0.5) is 0 Å². The first-order chi connectivity index (χ1) is 15.8. The largest absolute Gasteiger partial charge is 0.351 e. The number of imidazole rings is 1.